The highest BCUT2D eigenvalue weighted by molar-refractivity contribution is 7.80. The van der Waals surface area contributed by atoms with E-state index in [1.807, 2.05) is 11.8 Å². The van der Waals surface area contributed by atoms with Crippen molar-refractivity contribution in [3.8, 4) is 0 Å². The molecule has 1 aliphatic heterocycles. The monoisotopic (exact) mass is 426 g/mol. The van der Waals surface area contributed by atoms with Gasteiger partial charge in [-0.05, 0) is 38.4 Å². The van der Waals surface area contributed by atoms with Gasteiger partial charge in [0, 0.05) is 19.5 Å². The van der Waals surface area contributed by atoms with E-state index in [1.165, 1.54) is 57.8 Å². The second-order valence-electron chi connectivity index (χ2n) is 8.15. The maximum absolute atomic E-state index is 12.1. The van der Waals surface area contributed by atoms with Crippen molar-refractivity contribution in [2.75, 3.05) is 19.7 Å². The van der Waals surface area contributed by atoms with Crippen LogP contribution in [0.5, 0.6) is 0 Å². The van der Waals surface area contributed by atoms with Gasteiger partial charge < -0.3 is 15.0 Å². The quantitative estimate of drug-likeness (QED) is 0.230. The minimum absolute atomic E-state index is 0.0124. The van der Waals surface area contributed by atoms with Crippen LogP contribution < -0.4 is 5.32 Å². The number of hydrogen-bond acceptors (Lipinski definition) is 4. The molecule has 0 unspecified atom stereocenters. The Bertz CT molecular complexity index is 477. The highest BCUT2D eigenvalue weighted by Gasteiger charge is 2.27. The van der Waals surface area contributed by atoms with Crippen LogP contribution in [0.4, 0.5) is 0 Å². The Kier molecular flexibility index (Phi) is 14.8. The molecule has 0 aromatic carbocycles. The summed E-state index contributed by atoms with van der Waals surface area (Å²) < 4.78 is 5.09. The lowest BCUT2D eigenvalue weighted by Crippen LogP contribution is -2.47. The summed E-state index contributed by atoms with van der Waals surface area (Å²) in [5.74, 6) is -0.141. The molecule has 29 heavy (non-hydrogen) atoms. The summed E-state index contributed by atoms with van der Waals surface area (Å²) in [6.45, 7) is 5.89. The third kappa shape index (κ3) is 12.2. The standard InChI is InChI=1S/C23H42N2O3S/c1-3-5-6-7-8-9-10-11-12-13-14-15-21(26)24-23(29)25-18-16-20(17-19-25)22(27)28-4-2/h20H,3-19H2,1-2H3,(H,24,26,29). The first-order chi connectivity index (χ1) is 14.1. The molecule has 1 fully saturated rings. The normalized spacial score (nSPS) is 14.6. The van der Waals surface area contributed by atoms with Gasteiger partial charge in [0.2, 0.25) is 5.91 Å². The Morgan fingerprint density at radius 1 is 0.897 bits per heavy atom. The summed E-state index contributed by atoms with van der Waals surface area (Å²) in [5, 5.41) is 3.36. The number of ether oxygens (including phenoxy) is 1. The van der Waals surface area contributed by atoms with E-state index < -0.39 is 0 Å². The number of nitrogens with zero attached hydrogens (tertiary/aromatic N) is 1. The number of piperidine rings is 1. The van der Waals surface area contributed by atoms with Crippen LogP contribution in [-0.4, -0.2) is 41.6 Å². The molecule has 0 radical (unpaired) electrons. The Morgan fingerprint density at radius 2 is 1.41 bits per heavy atom. The van der Waals surface area contributed by atoms with Crippen molar-refractivity contribution in [3.63, 3.8) is 0 Å². The lowest BCUT2D eigenvalue weighted by molar-refractivity contribution is -0.149. The van der Waals surface area contributed by atoms with Crippen LogP contribution in [0.15, 0.2) is 0 Å². The number of carbonyl (C=O) groups excluding carboxylic acids is 2. The first-order valence-electron chi connectivity index (χ1n) is 11.8. The zero-order valence-corrected chi connectivity index (χ0v) is 19.5. The van der Waals surface area contributed by atoms with Crippen LogP contribution in [0, 0.1) is 5.92 Å². The minimum Gasteiger partial charge on any atom is -0.466 e. The molecule has 1 saturated heterocycles. The van der Waals surface area contributed by atoms with Gasteiger partial charge in [-0.2, -0.15) is 0 Å². The number of rotatable bonds is 14. The summed E-state index contributed by atoms with van der Waals surface area (Å²) in [5.41, 5.74) is 0. The van der Waals surface area contributed by atoms with E-state index in [1.54, 1.807) is 0 Å². The lowest BCUT2D eigenvalue weighted by atomic mass is 9.97. The largest absolute Gasteiger partial charge is 0.466 e. The fraction of sp³-hybridized carbons (Fsp3) is 0.870. The molecular weight excluding hydrogens is 384 g/mol. The Labute approximate surface area is 183 Å². The third-order valence-electron chi connectivity index (χ3n) is 5.66. The van der Waals surface area contributed by atoms with Gasteiger partial charge in [0.25, 0.3) is 0 Å². The fourth-order valence-electron chi connectivity index (χ4n) is 3.79. The van der Waals surface area contributed by atoms with Gasteiger partial charge in [-0.3, -0.25) is 9.59 Å². The third-order valence-corrected chi connectivity index (χ3v) is 6.02. The smallest absolute Gasteiger partial charge is 0.309 e. The highest BCUT2D eigenvalue weighted by Crippen LogP contribution is 2.19. The number of amides is 1. The average molecular weight is 427 g/mol. The van der Waals surface area contributed by atoms with E-state index in [4.69, 9.17) is 17.0 Å². The van der Waals surface area contributed by atoms with Gasteiger partial charge in [-0.1, -0.05) is 71.1 Å². The van der Waals surface area contributed by atoms with E-state index in [-0.39, 0.29) is 17.8 Å². The number of nitrogens with one attached hydrogen (secondary N) is 1. The van der Waals surface area contributed by atoms with Crippen LogP contribution in [0.1, 0.15) is 104 Å². The molecule has 1 N–H and O–H groups in total. The second-order valence-corrected chi connectivity index (χ2v) is 8.54. The maximum Gasteiger partial charge on any atom is 0.309 e. The molecular formula is C23H42N2O3S. The molecule has 1 heterocycles. The molecule has 0 bridgehead atoms. The molecule has 1 amide bonds. The van der Waals surface area contributed by atoms with Crippen molar-refractivity contribution in [2.45, 2.75) is 104 Å². The van der Waals surface area contributed by atoms with Crippen LogP contribution in [0.2, 0.25) is 0 Å². The van der Waals surface area contributed by atoms with E-state index in [0.29, 0.717) is 31.2 Å². The number of likely N-dealkylation sites (tertiary alicyclic amines) is 1. The topological polar surface area (TPSA) is 58.6 Å². The molecule has 0 atom stereocenters. The summed E-state index contributed by atoms with van der Waals surface area (Å²) >= 11 is 5.37. The SMILES string of the molecule is CCCCCCCCCCCCCC(=O)NC(=S)N1CCC(C(=O)OCC)CC1. The predicted octanol–water partition coefficient (Wildman–Crippen LogP) is 5.36. The van der Waals surface area contributed by atoms with Crippen LogP contribution in [-0.2, 0) is 14.3 Å². The molecule has 0 saturated carbocycles. The van der Waals surface area contributed by atoms with Gasteiger partial charge in [-0.25, -0.2) is 0 Å². The number of hydrogen-bond donors (Lipinski definition) is 1. The van der Waals surface area contributed by atoms with Gasteiger partial charge >= 0.3 is 5.97 Å². The van der Waals surface area contributed by atoms with Crippen molar-refractivity contribution < 1.29 is 14.3 Å². The van der Waals surface area contributed by atoms with Gasteiger partial charge in [0.15, 0.2) is 5.11 Å². The summed E-state index contributed by atoms with van der Waals surface area (Å²) in [4.78, 5) is 25.9. The number of thiocarbonyl (C=S) groups is 1. The molecule has 1 aliphatic rings. The molecule has 1 rings (SSSR count). The van der Waals surface area contributed by atoms with Gasteiger partial charge in [0.1, 0.15) is 0 Å². The van der Waals surface area contributed by atoms with Crippen molar-refractivity contribution in [1.29, 1.82) is 0 Å². The lowest BCUT2D eigenvalue weighted by Gasteiger charge is -2.32. The molecule has 0 aromatic heterocycles. The van der Waals surface area contributed by atoms with Crippen molar-refractivity contribution in [2.24, 2.45) is 5.92 Å². The molecule has 0 spiro atoms. The van der Waals surface area contributed by atoms with Crippen LogP contribution in [0.3, 0.4) is 0 Å². The van der Waals surface area contributed by atoms with E-state index in [9.17, 15) is 9.59 Å². The summed E-state index contributed by atoms with van der Waals surface area (Å²) in [7, 11) is 0. The Morgan fingerprint density at radius 3 is 1.93 bits per heavy atom. The molecule has 5 nitrogen and oxygen atoms in total. The first kappa shape index (κ1) is 25.9. The fourth-order valence-corrected chi connectivity index (χ4v) is 4.09. The minimum atomic E-state index is -0.112. The first-order valence-corrected chi connectivity index (χ1v) is 12.2. The Hall–Kier alpha value is -1.17. The predicted molar refractivity (Wildman–Crippen MR) is 123 cm³/mol. The molecule has 6 heteroatoms. The molecule has 168 valence electrons. The number of unbranched alkanes of at least 4 members (excludes halogenated alkanes) is 10. The van der Waals surface area contributed by atoms with E-state index in [2.05, 4.69) is 12.2 Å². The summed E-state index contributed by atoms with van der Waals surface area (Å²) in [6.07, 6.45) is 16.0. The van der Waals surface area contributed by atoms with E-state index >= 15 is 0 Å². The average Bonchev–Trinajstić information content (AvgIpc) is 2.72. The maximum atomic E-state index is 12.1. The second kappa shape index (κ2) is 16.6. The molecule has 0 aliphatic carbocycles. The van der Waals surface area contributed by atoms with Crippen molar-refractivity contribution >= 4 is 29.2 Å². The van der Waals surface area contributed by atoms with Crippen LogP contribution in [0.25, 0.3) is 0 Å². The zero-order chi connectivity index (χ0) is 21.3. The summed E-state index contributed by atoms with van der Waals surface area (Å²) in [6, 6.07) is 0. The number of esters is 1. The number of carbonyl (C=O) groups is 2. The van der Waals surface area contributed by atoms with Crippen molar-refractivity contribution in [3.05, 3.63) is 0 Å². The Balaban J connectivity index is 2.00. The zero-order valence-electron chi connectivity index (χ0n) is 18.7. The van der Waals surface area contributed by atoms with E-state index in [0.717, 1.165) is 25.7 Å². The van der Waals surface area contributed by atoms with Crippen LogP contribution >= 0.6 is 12.2 Å². The highest BCUT2D eigenvalue weighted by atomic mass is 32.1. The van der Waals surface area contributed by atoms with Crippen molar-refractivity contribution in [1.82, 2.24) is 10.2 Å². The van der Waals surface area contributed by atoms with Gasteiger partial charge in [-0.15, -0.1) is 0 Å². The van der Waals surface area contributed by atoms with Gasteiger partial charge in [0.05, 0.1) is 12.5 Å². The molecule has 0 aromatic rings.